The highest BCUT2D eigenvalue weighted by atomic mass is 16.3. The zero-order valence-corrected chi connectivity index (χ0v) is 14.9. The molecule has 1 fully saturated rings. The van der Waals surface area contributed by atoms with Gasteiger partial charge in [0.25, 0.3) is 0 Å². The Balaban J connectivity index is 1.51. The molecule has 1 aromatic carbocycles. The summed E-state index contributed by atoms with van der Waals surface area (Å²) < 4.78 is 5.94. The molecule has 1 saturated heterocycles. The lowest BCUT2D eigenvalue weighted by molar-refractivity contribution is 0.221. The number of rotatable bonds is 3. The van der Waals surface area contributed by atoms with E-state index in [2.05, 4.69) is 20.1 Å². The van der Waals surface area contributed by atoms with Crippen LogP contribution in [0.25, 0.3) is 33.3 Å². The Morgan fingerprint density at radius 3 is 2.85 bits per heavy atom. The van der Waals surface area contributed by atoms with Gasteiger partial charge in [-0.3, -0.25) is 14.8 Å². The summed E-state index contributed by atoms with van der Waals surface area (Å²) >= 11 is 0. The number of fused-ring (bicyclic) bond motifs is 2. The Bertz CT molecular complexity index is 1170. The molecule has 1 aliphatic rings. The average molecular weight is 360 g/mol. The monoisotopic (exact) mass is 360 g/mol. The van der Waals surface area contributed by atoms with E-state index in [0.717, 1.165) is 41.7 Å². The van der Waals surface area contributed by atoms with Crippen LogP contribution >= 0.6 is 0 Å². The quantitative estimate of drug-likeness (QED) is 0.603. The molecule has 5 rings (SSSR count). The molecule has 0 radical (unpaired) electrons. The fraction of sp³-hybridized carbons (Fsp3) is 0.286. The van der Waals surface area contributed by atoms with Gasteiger partial charge in [0.05, 0.1) is 17.1 Å². The van der Waals surface area contributed by atoms with Gasteiger partial charge in [0.1, 0.15) is 5.76 Å². The summed E-state index contributed by atoms with van der Waals surface area (Å²) in [6.07, 6.45) is 7.37. The number of aromatic nitrogens is 3. The lowest BCUT2D eigenvalue weighted by atomic mass is 10.1. The minimum absolute atomic E-state index is 0.0634. The smallest absolute Gasteiger partial charge is 0.230 e. The zero-order valence-electron chi connectivity index (χ0n) is 14.9. The summed E-state index contributed by atoms with van der Waals surface area (Å²) in [7, 11) is 0. The number of hydrogen-bond donors (Lipinski definition) is 1. The molecule has 6 nitrogen and oxygen atoms in total. The summed E-state index contributed by atoms with van der Waals surface area (Å²) in [5, 5.41) is 8.46. The van der Waals surface area contributed by atoms with Gasteiger partial charge >= 0.3 is 0 Å². The van der Waals surface area contributed by atoms with E-state index >= 15 is 0 Å². The standard InChI is InChI=1S/C21H20N4O2/c26-19-10-20(15-4-5-18-16(9-15)12-23-24-18)27-21-17(19)8-14(11-22-21)13-25-6-2-1-3-7-25/h4-5,8-12H,1-3,6-7,13H2,(H,23,24). The zero-order chi connectivity index (χ0) is 18.2. The van der Waals surface area contributed by atoms with E-state index in [4.69, 9.17) is 4.42 Å². The van der Waals surface area contributed by atoms with E-state index in [-0.39, 0.29) is 5.43 Å². The average Bonchev–Trinajstić information content (AvgIpc) is 3.17. The molecule has 27 heavy (non-hydrogen) atoms. The van der Waals surface area contributed by atoms with Crippen molar-refractivity contribution >= 4 is 22.0 Å². The number of likely N-dealkylation sites (tertiary alicyclic amines) is 1. The number of hydrogen-bond acceptors (Lipinski definition) is 5. The Hall–Kier alpha value is -2.99. The molecular formula is C21H20N4O2. The summed E-state index contributed by atoms with van der Waals surface area (Å²) in [6, 6.07) is 9.27. The van der Waals surface area contributed by atoms with Crippen LogP contribution in [0.2, 0.25) is 0 Å². The second-order valence-electron chi connectivity index (χ2n) is 7.18. The van der Waals surface area contributed by atoms with Gasteiger partial charge in [-0.1, -0.05) is 6.42 Å². The number of aromatic amines is 1. The van der Waals surface area contributed by atoms with Crippen molar-refractivity contribution in [3.63, 3.8) is 0 Å². The number of nitrogens with zero attached hydrogens (tertiary/aromatic N) is 3. The van der Waals surface area contributed by atoms with Gasteiger partial charge in [0.2, 0.25) is 5.71 Å². The topological polar surface area (TPSA) is 75.0 Å². The lowest BCUT2D eigenvalue weighted by Gasteiger charge is -2.26. The van der Waals surface area contributed by atoms with Crippen molar-refractivity contribution in [2.24, 2.45) is 0 Å². The van der Waals surface area contributed by atoms with Crippen LogP contribution in [0.15, 0.2) is 51.9 Å². The van der Waals surface area contributed by atoms with Gasteiger partial charge in [0, 0.05) is 29.8 Å². The third kappa shape index (κ3) is 3.13. The Morgan fingerprint density at radius 1 is 1.07 bits per heavy atom. The molecule has 136 valence electrons. The van der Waals surface area contributed by atoms with Crippen molar-refractivity contribution in [1.29, 1.82) is 0 Å². The van der Waals surface area contributed by atoms with Crippen molar-refractivity contribution in [3.05, 3.63) is 58.5 Å². The van der Waals surface area contributed by atoms with E-state index < -0.39 is 0 Å². The molecule has 0 amide bonds. The first-order chi connectivity index (χ1) is 13.3. The minimum Gasteiger partial charge on any atom is -0.437 e. The van der Waals surface area contributed by atoms with Gasteiger partial charge in [-0.25, -0.2) is 4.98 Å². The first-order valence-electron chi connectivity index (χ1n) is 9.35. The SMILES string of the molecule is O=c1cc(-c2ccc3[nH]ncc3c2)oc2ncc(CN3CCCCC3)cc12. The predicted molar refractivity (Wildman–Crippen MR) is 104 cm³/mol. The number of benzene rings is 1. The number of piperidine rings is 1. The van der Waals surface area contributed by atoms with E-state index in [1.165, 1.54) is 19.3 Å². The number of H-pyrrole nitrogens is 1. The summed E-state index contributed by atoms with van der Waals surface area (Å²) in [6.45, 7) is 3.06. The van der Waals surface area contributed by atoms with Crippen molar-refractivity contribution in [1.82, 2.24) is 20.1 Å². The van der Waals surface area contributed by atoms with E-state index in [9.17, 15) is 4.79 Å². The molecule has 1 aliphatic heterocycles. The second kappa shape index (κ2) is 6.63. The molecule has 0 atom stereocenters. The van der Waals surface area contributed by atoms with Crippen LogP contribution in [-0.4, -0.2) is 33.2 Å². The molecular weight excluding hydrogens is 340 g/mol. The molecule has 0 aliphatic carbocycles. The molecule has 3 aromatic heterocycles. The van der Waals surface area contributed by atoms with Crippen LogP contribution in [0.1, 0.15) is 24.8 Å². The highest BCUT2D eigenvalue weighted by molar-refractivity contribution is 5.84. The van der Waals surface area contributed by atoms with E-state index in [1.807, 2.05) is 30.5 Å². The fourth-order valence-corrected chi connectivity index (χ4v) is 3.78. The summed E-state index contributed by atoms with van der Waals surface area (Å²) in [4.78, 5) is 19.6. The van der Waals surface area contributed by atoms with Gasteiger partial charge in [-0.05, 0) is 55.8 Å². The molecule has 1 N–H and O–H groups in total. The van der Waals surface area contributed by atoms with Gasteiger partial charge in [0.15, 0.2) is 5.43 Å². The van der Waals surface area contributed by atoms with Crippen molar-refractivity contribution < 1.29 is 4.42 Å². The first-order valence-corrected chi connectivity index (χ1v) is 9.35. The Morgan fingerprint density at radius 2 is 1.96 bits per heavy atom. The van der Waals surface area contributed by atoms with Crippen LogP contribution in [0.3, 0.4) is 0 Å². The normalized spacial score (nSPS) is 15.6. The predicted octanol–water partition coefficient (Wildman–Crippen LogP) is 3.72. The lowest BCUT2D eigenvalue weighted by Crippen LogP contribution is -2.29. The van der Waals surface area contributed by atoms with Crippen LogP contribution in [-0.2, 0) is 6.54 Å². The van der Waals surface area contributed by atoms with Crippen LogP contribution in [0.5, 0.6) is 0 Å². The molecule has 0 bridgehead atoms. The summed E-state index contributed by atoms with van der Waals surface area (Å²) in [5.41, 5.74) is 3.16. The Labute approximate surface area is 155 Å². The molecule has 0 unspecified atom stereocenters. The Kier molecular flexibility index (Phi) is 3.98. The first kappa shape index (κ1) is 16.2. The van der Waals surface area contributed by atoms with Crippen LogP contribution < -0.4 is 5.43 Å². The van der Waals surface area contributed by atoms with Crippen molar-refractivity contribution in [2.45, 2.75) is 25.8 Å². The van der Waals surface area contributed by atoms with Gasteiger partial charge in [-0.2, -0.15) is 5.10 Å². The minimum atomic E-state index is -0.0634. The van der Waals surface area contributed by atoms with Crippen molar-refractivity contribution in [3.8, 4) is 11.3 Å². The number of nitrogens with one attached hydrogen (secondary N) is 1. The molecule has 0 saturated carbocycles. The second-order valence-corrected chi connectivity index (χ2v) is 7.18. The molecule has 0 spiro atoms. The van der Waals surface area contributed by atoms with Crippen LogP contribution in [0, 0.1) is 0 Å². The highest BCUT2D eigenvalue weighted by Gasteiger charge is 2.13. The van der Waals surface area contributed by atoms with Gasteiger partial charge in [-0.15, -0.1) is 0 Å². The van der Waals surface area contributed by atoms with Gasteiger partial charge < -0.3 is 4.42 Å². The van der Waals surface area contributed by atoms with Crippen molar-refractivity contribution in [2.75, 3.05) is 13.1 Å². The number of pyridine rings is 1. The van der Waals surface area contributed by atoms with E-state index in [0.29, 0.717) is 16.9 Å². The van der Waals surface area contributed by atoms with E-state index in [1.54, 1.807) is 12.3 Å². The largest absolute Gasteiger partial charge is 0.437 e. The molecule has 6 heteroatoms. The highest BCUT2D eigenvalue weighted by Crippen LogP contribution is 2.25. The maximum atomic E-state index is 12.7. The molecule has 4 heterocycles. The van der Waals surface area contributed by atoms with Crippen LogP contribution in [0.4, 0.5) is 0 Å². The molecule has 4 aromatic rings. The maximum absolute atomic E-state index is 12.7. The maximum Gasteiger partial charge on any atom is 0.230 e. The third-order valence-electron chi connectivity index (χ3n) is 5.22. The summed E-state index contributed by atoms with van der Waals surface area (Å²) in [5.74, 6) is 0.520. The third-order valence-corrected chi connectivity index (χ3v) is 5.22. The fourth-order valence-electron chi connectivity index (χ4n) is 3.78.